The van der Waals surface area contributed by atoms with Crippen molar-refractivity contribution in [3.05, 3.63) is 62.1 Å². The van der Waals surface area contributed by atoms with Crippen LogP contribution in [0.3, 0.4) is 0 Å². The Labute approximate surface area is 228 Å². The minimum Gasteiger partial charge on any atom is -0.367 e. The molecule has 2 rings (SSSR count). The average Bonchev–Trinajstić information content (AvgIpc) is 2.77. The van der Waals surface area contributed by atoms with Crippen molar-refractivity contribution in [2.24, 2.45) is 16.6 Å². The van der Waals surface area contributed by atoms with Crippen LogP contribution in [0.25, 0.3) is 9.69 Å². The molecule has 0 saturated carbocycles. The summed E-state index contributed by atoms with van der Waals surface area (Å²) in [4.78, 5) is 13.2. The van der Waals surface area contributed by atoms with Gasteiger partial charge in [-0.25, -0.2) is 28.4 Å². The number of halogens is 5. The number of hydrogen-bond acceptors (Lipinski definition) is 5. The maximum Gasteiger partial charge on any atom is 0.226 e. The Morgan fingerprint density at radius 1 is 0.944 bits per heavy atom. The van der Waals surface area contributed by atoms with Crippen LogP contribution in [0.1, 0.15) is 49.9 Å². The molecule has 0 spiro atoms. The van der Waals surface area contributed by atoms with E-state index in [9.17, 15) is 8.78 Å². The number of nitrogens with zero attached hydrogens (tertiary/aromatic N) is 5. The van der Waals surface area contributed by atoms with E-state index in [2.05, 4.69) is 45.7 Å². The first-order valence-corrected chi connectivity index (χ1v) is 11.5. The van der Waals surface area contributed by atoms with E-state index in [0.29, 0.717) is 12.0 Å². The van der Waals surface area contributed by atoms with E-state index >= 15 is 0 Å². The second-order valence-corrected chi connectivity index (χ2v) is 10.4. The predicted octanol–water partition coefficient (Wildman–Crippen LogP) is 8.73. The summed E-state index contributed by atoms with van der Waals surface area (Å²) in [5.74, 6) is -1.20. The molecule has 7 nitrogen and oxygen atoms in total. The largest absolute Gasteiger partial charge is 0.367 e. The van der Waals surface area contributed by atoms with Crippen molar-refractivity contribution in [1.29, 1.82) is 5.26 Å². The smallest absolute Gasteiger partial charge is 0.226 e. The van der Waals surface area contributed by atoms with Gasteiger partial charge in [0.05, 0.1) is 19.2 Å². The molecule has 0 aromatic carbocycles. The summed E-state index contributed by atoms with van der Waals surface area (Å²) in [5, 5.41) is 9.82. The van der Waals surface area contributed by atoms with Gasteiger partial charge in [0.1, 0.15) is 16.1 Å². The molecule has 0 fully saturated rings. The third-order valence-electron chi connectivity index (χ3n) is 3.42. The number of nitriles is 1. The van der Waals surface area contributed by atoms with Crippen LogP contribution in [-0.4, -0.2) is 23.1 Å². The van der Waals surface area contributed by atoms with Crippen molar-refractivity contribution in [3.8, 4) is 6.07 Å². The standard InChI is InChI=1S/C11H13ClFN3.C6HCl2FN2.C5H13N.C2H3N.H2/c1-11(2,3)6-15-10-7(13)5-8(14-4)9(12)16-10;1-10-4-2-3(9)5(7)11-6(4)8;1-5(2,3)4-6;1-2-3;/h5H,6H2,1-3H3,(H,15,16);2H;4,6H2,1-3H3;1H3;1H. The van der Waals surface area contributed by atoms with Gasteiger partial charge < -0.3 is 11.1 Å². The first kappa shape index (κ1) is 35.4. The lowest BCUT2D eigenvalue weighted by Crippen LogP contribution is -2.20. The SMILES string of the molecule is CC#N.CC(C)(C)CN.[C-]#[N+]c1cc(F)c(Cl)nc1Cl.[C-]#[N+]c1cc(F)c(NCC(C)(C)C)nc1Cl.[HH]. The molecular weight excluding hydrogens is 531 g/mol. The van der Waals surface area contributed by atoms with Crippen molar-refractivity contribution in [2.45, 2.75) is 48.5 Å². The van der Waals surface area contributed by atoms with E-state index in [0.717, 1.165) is 18.7 Å². The summed E-state index contributed by atoms with van der Waals surface area (Å²) in [5.41, 5.74) is 5.63. The summed E-state index contributed by atoms with van der Waals surface area (Å²) in [7, 11) is 0. The molecule has 0 aliphatic carbocycles. The molecule has 2 aromatic rings. The van der Waals surface area contributed by atoms with E-state index in [1.165, 1.54) is 6.92 Å². The molecule has 12 heteroatoms. The third-order valence-corrected chi connectivity index (χ3v) is 4.24. The molecule has 0 bridgehead atoms. The van der Waals surface area contributed by atoms with Gasteiger partial charge in [0, 0.05) is 14.9 Å². The Hall–Kier alpha value is -2.74. The van der Waals surface area contributed by atoms with Gasteiger partial charge in [-0.15, -0.1) is 0 Å². The van der Waals surface area contributed by atoms with Crippen LogP contribution in [0.5, 0.6) is 0 Å². The van der Waals surface area contributed by atoms with Crippen LogP contribution >= 0.6 is 34.8 Å². The predicted molar refractivity (Wildman–Crippen MR) is 146 cm³/mol. The Kier molecular flexibility index (Phi) is 16.6. The molecule has 0 radical (unpaired) electrons. The number of nitrogens with two attached hydrogens (primary N) is 1. The number of nitrogens with one attached hydrogen (secondary N) is 1. The lowest BCUT2D eigenvalue weighted by molar-refractivity contribution is 0.428. The molecule has 2 aromatic heterocycles. The number of anilines is 1. The lowest BCUT2D eigenvalue weighted by Gasteiger charge is -2.19. The first-order valence-electron chi connectivity index (χ1n) is 10.3. The monoisotopic (exact) mass is 561 g/mol. The molecule has 198 valence electrons. The van der Waals surface area contributed by atoms with E-state index in [4.69, 9.17) is 58.9 Å². The Balaban J connectivity index is -0.000000478. The molecule has 36 heavy (non-hydrogen) atoms. The molecule has 0 aliphatic heterocycles. The number of aromatic nitrogens is 2. The summed E-state index contributed by atoms with van der Waals surface area (Å²) in [6.07, 6.45) is 0. The fourth-order valence-electron chi connectivity index (χ4n) is 1.52. The summed E-state index contributed by atoms with van der Waals surface area (Å²) in [6.45, 7) is 28.5. The Morgan fingerprint density at radius 3 is 1.69 bits per heavy atom. The normalized spacial score (nSPS) is 9.94. The van der Waals surface area contributed by atoms with Gasteiger partial charge in [0.2, 0.25) is 11.4 Å². The molecule has 0 unspecified atom stereocenters. The lowest BCUT2D eigenvalue weighted by atomic mass is 9.97. The number of rotatable bonds is 2. The minimum absolute atomic E-state index is 0. The number of pyridine rings is 2. The zero-order chi connectivity index (χ0) is 28.7. The molecule has 0 saturated heterocycles. The molecule has 2 heterocycles. The first-order chi connectivity index (χ1) is 16.5. The van der Waals surface area contributed by atoms with Crippen LogP contribution in [0, 0.1) is 46.9 Å². The van der Waals surface area contributed by atoms with E-state index in [-0.39, 0.29) is 39.5 Å². The van der Waals surface area contributed by atoms with Crippen LogP contribution in [0.15, 0.2) is 12.1 Å². The number of hydrogen-bond donors (Lipinski definition) is 2. The van der Waals surface area contributed by atoms with E-state index in [1.807, 2.05) is 20.8 Å². The molecular formula is C24H32Cl3F2N7. The average molecular weight is 563 g/mol. The van der Waals surface area contributed by atoms with Gasteiger partial charge >= 0.3 is 0 Å². The highest BCUT2D eigenvalue weighted by Crippen LogP contribution is 2.28. The summed E-state index contributed by atoms with van der Waals surface area (Å²) < 4.78 is 26.0. The van der Waals surface area contributed by atoms with Gasteiger partial charge in [-0.2, -0.15) is 5.26 Å². The Bertz CT molecular complexity index is 1110. The molecule has 0 atom stereocenters. The highest BCUT2D eigenvalue weighted by atomic mass is 35.5. The van der Waals surface area contributed by atoms with Crippen LogP contribution in [-0.2, 0) is 0 Å². The van der Waals surface area contributed by atoms with Gasteiger partial charge in [-0.3, -0.25) is 0 Å². The van der Waals surface area contributed by atoms with E-state index in [1.54, 1.807) is 6.07 Å². The van der Waals surface area contributed by atoms with Gasteiger partial charge in [0.25, 0.3) is 0 Å². The maximum absolute atomic E-state index is 13.5. The van der Waals surface area contributed by atoms with Crippen molar-refractivity contribution < 1.29 is 10.2 Å². The topological polar surface area (TPSA) is 96.3 Å². The minimum atomic E-state index is -0.734. The Morgan fingerprint density at radius 2 is 1.33 bits per heavy atom. The zero-order valence-corrected chi connectivity index (χ0v) is 23.5. The molecule has 3 N–H and O–H groups in total. The molecule has 0 aliphatic rings. The van der Waals surface area contributed by atoms with Crippen molar-refractivity contribution in [2.75, 3.05) is 18.4 Å². The second kappa shape index (κ2) is 16.8. The fraction of sp³-hybridized carbons (Fsp3) is 0.458. The summed E-state index contributed by atoms with van der Waals surface area (Å²) >= 11 is 16.4. The molecule has 0 amide bonds. The quantitative estimate of drug-likeness (QED) is 0.282. The highest BCUT2D eigenvalue weighted by Gasteiger charge is 2.14. The second-order valence-electron chi connectivity index (χ2n) is 9.33. The van der Waals surface area contributed by atoms with Crippen molar-refractivity contribution in [1.82, 2.24) is 9.97 Å². The zero-order valence-electron chi connectivity index (χ0n) is 21.3. The van der Waals surface area contributed by atoms with Crippen molar-refractivity contribution in [3.63, 3.8) is 0 Å². The fourth-order valence-corrected chi connectivity index (χ4v) is 2.07. The van der Waals surface area contributed by atoms with Gasteiger partial charge in [-0.05, 0) is 29.5 Å². The van der Waals surface area contributed by atoms with Gasteiger partial charge in [-0.1, -0.05) is 76.3 Å². The summed E-state index contributed by atoms with van der Waals surface area (Å²) in [6, 6.07) is 3.79. The van der Waals surface area contributed by atoms with Crippen molar-refractivity contribution >= 4 is 52.0 Å². The van der Waals surface area contributed by atoms with Crippen LogP contribution in [0.2, 0.25) is 15.5 Å². The van der Waals surface area contributed by atoms with E-state index < -0.39 is 11.6 Å². The van der Waals surface area contributed by atoms with Crippen LogP contribution in [0.4, 0.5) is 26.0 Å². The highest BCUT2D eigenvalue weighted by molar-refractivity contribution is 6.34. The van der Waals surface area contributed by atoms with Gasteiger partial charge in [0.15, 0.2) is 16.8 Å². The van der Waals surface area contributed by atoms with Crippen LogP contribution < -0.4 is 11.1 Å². The maximum atomic E-state index is 13.5. The third kappa shape index (κ3) is 16.0.